The van der Waals surface area contributed by atoms with Crippen LogP contribution in [0.3, 0.4) is 0 Å². The first kappa shape index (κ1) is 18.8. The van der Waals surface area contributed by atoms with Gasteiger partial charge in [0.2, 0.25) is 11.9 Å². The van der Waals surface area contributed by atoms with Gasteiger partial charge in [0, 0.05) is 36.7 Å². The third kappa shape index (κ3) is 4.22. The number of fused-ring (bicyclic) bond motifs is 1. The number of amides is 1. The Labute approximate surface area is 158 Å². The van der Waals surface area contributed by atoms with Crippen molar-refractivity contribution in [1.29, 1.82) is 0 Å². The summed E-state index contributed by atoms with van der Waals surface area (Å²) in [6, 6.07) is 12.5. The minimum Gasteiger partial charge on any atom is -0.359 e. The molecule has 1 amide bonds. The minimum atomic E-state index is -0.253. The van der Waals surface area contributed by atoms with Gasteiger partial charge in [-0.15, -0.1) is 0 Å². The molecule has 2 N–H and O–H groups in total. The monoisotopic (exact) mass is 366 g/mol. The van der Waals surface area contributed by atoms with Gasteiger partial charge < -0.3 is 10.6 Å². The van der Waals surface area contributed by atoms with Crippen molar-refractivity contribution in [3.05, 3.63) is 54.0 Å². The molecular weight excluding hydrogens is 343 g/mol. The first-order chi connectivity index (χ1) is 13.0. The Morgan fingerprint density at radius 1 is 1.11 bits per heavy atom. The number of rotatable bonds is 6. The zero-order valence-corrected chi connectivity index (χ0v) is 15.7. The summed E-state index contributed by atoms with van der Waals surface area (Å²) in [7, 11) is 1.61. The fraction of sp³-hybridized carbons (Fsp3) is 0.286. The molecule has 1 heterocycles. The summed E-state index contributed by atoms with van der Waals surface area (Å²) in [6.45, 7) is 4.55. The molecule has 2 aromatic carbocycles. The molecule has 5 nitrogen and oxygen atoms in total. The molecule has 0 saturated heterocycles. The molecule has 3 aromatic rings. The average Bonchev–Trinajstić information content (AvgIpc) is 2.68. The fourth-order valence-electron chi connectivity index (χ4n) is 2.88. The Hall–Kier alpha value is -3.02. The van der Waals surface area contributed by atoms with E-state index in [-0.39, 0.29) is 17.6 Å². The Balaban J connectivity index is 2.02. The zero-order valence-electron chi connectivity index (χ0n) is 15.7. The second-order valence-electron chi connectivity index (χ2n) is 6.65. The van der Waals surface area contributed by atoms with Gasteiger partial charge in [0.05, 0.1) is 5.69 Å². The first-order valence-corrected chi connectivity index (χ1v) is 9.00. The molecule has 0 unspecified atom stereocenters. The number of aromatic nitrogens is 2. The van der Waals surface area contributed by atoms with Crippen LogP contribution in [0.15, 0.2) is 42.5 Å². The van der Waals surface area contributed by atoms with Gasteiger partial charge >= 0.3 is 0 Å². The van der Waals surface area contributed by atoms with Crippen molar-refractivity contribution >= 4 is 22.6 Å². The van der Waals surface area contributed by atoms with E-state index in [0.717, 1.165) is 22.3 Å². The Bertz CT molecular complexity index is 972. The highest BCUT2D eigenvalue weighted by molar-refractivity contribution is 5.96. The number of carbonyl (C=O) groups is 1. The second kappa shape index (κ2) is 8.12. The van der Waals surface area contributed by atoms with Crippen LogP contribution in [0.1, 0.15) is 31.9 Å². The van der Waals surface area contributed by atoms with E-state index in [2.05, 4.69) is 34.4 Å². The van der Waals surface area contributed by atoms with Gasteiger partial charge in [0.25, 0.3) is 0 Å². The molecule has 27 heavy (non-hydrogen) atoms. The van der Waals surface area contributed by atoms with Crippen molar-refractivity contribution in [2.75, 3.05) is 18.9 Å². The van der Waals surface area contributed by atoms with Crippen LogP contribution in [0.4, 0.5) is 10.3 Å². The second-order valence-corrected chi connectivity index (χ2v) is 6.65. The number of nitrogens with one attached hydrogen (secondary N) is 2. The number of hydrogen-bond donors (Lipinski definition) is 2. The quantitative estimate of drug-likeness (QED) is 0.689. The summed E-state index contributed by atoms with van der Waals surface area (Å²) in [5.74, 6) is 0.371. The molecule has 0 aliphatic carbocycles. The number of nitrogens with zero attached hydrogens (tertiary/aromatic N) is 2. The molecule has 0 saturated carbocycles. The van der Waals surface area contributed by atoms with E-state index in [9.17, 15) is 9.18 Å². The van der Waals surface area contributed by atoms with Crippen LogP contribution in [0.5, 0.6) is 0 Å². The molecule has 6 heteroatoms. The highest BCUT2D eigenvalue weighted by Crippen LogP contribution is 2.31. The standard InChI is InChI=1S/C21H23FN4O/c1-13(2)18-12-19(26-21(25-18)24-11-10-20(27)23-3)16-8-9-17(22)15-7-5-4-6-14(15)16/h4-9,12-13H,10-11H2,1-3H3,(H,23,27)(H,24,25,26). The van der Waals surface area contributed by atoms with Gasteiger partial charge in [-0.05, 0) is 29.5 Å². The molecule has 1 aromatic heterocycles. The lowest BCUT2D eigenvalue weighted by molar-refractivity contribution is -0.120. The molecular formula is C21H23FN4O. The van der Waals surface area contributed by atoms with Gasteiger partial charge in [-0.1, -0.05) is 38.1 Å². The molecule has 0 aliphatic rings. The lowest BCUT2D eigenvalue weighted by Gasteiger charge is -2.13. The summed E-state index contributed by atoms with van der Waals surface area (Å²) in [5, 5.41) is 7.08. The average molecular weight is 366 g/mol. The molecule has 0 fully saturated rings. The number of halogens is 1. The zero-order chi connectivity index (χ0) is 19.4. The Kier molecular flexibility index (Phi) is 5.64. The van der Waals surface area contributed by atoms with Crippen molar-refractivity contribution in [3.63, 3.8) is 0 Å². The van der Waals surface area contributed by atoms with E-state index in [4.69, 9.17) is 0 Å². The van der Waals surface area contributed by atoms with Crippen molar-refractivity contribution in [2.45, 2.75) is 26.2 Å². The maximum Gasteiger partial charge on any atom is 0.223 e. The smallest absolute Gasteiger partial charge is 0.223 e. The molecule has 0 atom stereocenters. The van der Waals surface area contributed by atoms with Crippen molar-refractivity contribution < 1.29 is 9.18 Å². The van der Waals surface area contributed by atoms with Crippen LogP contribution in [-0.4, -0.2) is 29.5 Å². The van der Waals surface area contributed by atoms with Gasteiger partial charge in [0.15, 0.2) is 0 Å². The highest BCUT2D eigenvalue weighted by Gasteiger charge is 2.13. The summed E-state index contributed by atoms with van der Waals surface area (Å²) in [6.07, 6.45) is 0.334. The Morgan fingerprint density at radius 3 is 2.56 bits per heavy atom. The Morgan fingerprint density at radius 2 is 1.85 bits per heavy atom. The predicted octanol–water partition coefficient (Wildman–Crippen LogP) is 4.11. The van der Waals surface area contributed by atoms with Crippen LogP contribution < -0.4 is 10.6 Å². The molecule has 0 bridgehead atoms. The van der Waals surface area contributed by atoms with E-state index in [1.165, 1.54) is 6.07 Å². The van der Waals surface area contributed by atoms with E-state index in [1.807, 2.05) is 24.3 Å². The molecule has 0 spiro atoms. The highest BCUT2D eigenvalue weighted by atomic mass is 19.1. The van der Waals surface area contributed by atoms with Crippen molar-refractivity contribution in [1.82, 2.24) is 15.3 Å². The van der Waals surface area contributed by atoms with Gasteiger partial charge in [-0.25, -0.2) is 14.4 Å². The van der Waals surface area contributed by atoms with Gasteiger partial charge in [0.1, 0.15) is 5.82 Å². The summed E-state index contributed by atoms with van der Waals surface area (Å²) in [4.78, 5) is 20.6. The number of anilines is 1. The van der Waals surface area contributed by atoms with Crippen molar-refractivity contribution in [3.8, 4) is 11.3 Å². The number of carbonyl (C=O) groups excluding carboxylic acids is 1. The van der Waals surface area contributed by atoms with Crippen LogP contribution in [0.2, 0.25) is 0 Å². The predicted molar refractivity (Wildman–Crippen MR) is 106 cm³/mol. The third-order valence-corrected chi connectivity index (χ3v) is 4.40. The molecule has 0 radical (unpaired) electrons. The van der Waals surface area contributed by atoms with Crippen LogP contribution in [0.25, 0.3) is 22.0 Å². The third-order valence-electron chi connectivity index (χ3n) is 4.40. The van der Waals surface area contributed by atoms with E-state index >= 15 is 0 Å². The topological polar surface area (TPSA) is 66.9 Å². The molecule has 0 aliphatic heterocycles. The summed E-state index contributed by atoms with van der Waals surface area (Å²) in [5.41, 5.74) is 2.47. The number of hydrogen-bond acceptors (Lipinski definition) is 4. The van der Waals surface area contributed by atoms with Gasteiger partial charge in [-0.2, -0.15) is 0 Å². The molecule has 3 rings (SSSR count). The number of benzene rings is 2. The fourth-order valence-corrected chi connectivity index (χ4v) is 2.88. The maximum atomic E-state index is 14.2. The minimum absolute atomic E-state index is 0.0488. The summed E-state index contributed by atoms with van der Waals surface area (Å²) >= 11 is 0. The lowest BCUT2D eigenvalue weighted by atomic mass is 10.00. The van der Waals surface area contributed by atoms with Crippen molar-refractivity contribution in [2.24, 2.45) is 0 Å². The first-order valence-electron chi connectivity index (χ1n) is 9.00. The molecule has 140 valence electrons. The normalized spacial score (nSPS) is 11.0. The SMILES string of the molecule is CNC(=O)CCNc1nc(-c2ccc(F)c3ccccc23)cc(C(C)C)n1. The van der Waals surface area contributed by atoms with Crippen LogP contribution >= 0.6 is 0 Å². The van der Waals surface area contributed by atoms with Crippen LogP contribution in [-0.2, 0) is 4.79 Å². The largest absolute Gasteiger partial charge is 0.359 e. The maximum absolute atomic E-state index is 14.2. The van der Waals surface area contributed by atoms with E-state index in [0.29, 0.717) is 24.3 Å². The van der Waals surface area contributed by atoms with Gasteiger partial charge in [-0.3, -0.25) is 4.79 Å². The summed E-state index contributed by atoms with van der Waals surface area (Å²) < 4.78 is 14.2. The van der Waals surface area contributed by atoms with E-state index < -0.39 is 0 Å². The van der Waals surface area contributed by atoms with Crippen LogP contribution in [0, 0.1) is 5.82 Å². The lowest BCUT2D eigenvalue weighted by Crippen LogP contribution is -2.21. The van der Waals surface area contributed by atoms with E-state index in [1.54, 1.807) is 19.2 Å².